The van der Waals surface area contributed by atoms with E-state index in [2.05, 4.69) is 24.8 Å². The Kier molecular flexibility index (Phi) is 9.46. The molecule has 0 aromatic heterocycles. The molecule has 0 saturated carbocycles. The lowest BCUT2D eigenvalue weighted by Crippen LogP contribution is -2.25. The molecule has 1 aliphatic rings. The molecule has 2 aromatic rings. The minimum Gasteiger partial charge on any atom is -0.508 e. The topological polar surface area (TPSA) is 55.8 Å². The van der Waals surface area contributed by atoms with Crippen molar-refractivity contribution in [3.63, 3.8) is 0 Å². The Morgan fingerprint density at radius 1 is 1.03 bits per heavy atom. The van der Waals surface area contributed by atoms with Gasteiger partial charge < -0.3 is 14.6 Å². The van der Waals surface area contributed by atoms with Crippen LogP contribution in [-0.4, -0.2) is 24.0 Å². The number of rotatable bonds is 5. The van der Waals surface area contributed by atoms with Crippen LogP contribution in [0.1, 0.15) is 37.3 Å². The van der Waals surface area contributed by atoms with Crippen molar-refractivity contribution in [3.8, 4) is 5.75 Å². The molecule has 1 N–H and O–H groups in total. The molecule has 3 rings (SSSR count). The molecular formula is C25H28O4. The van der Waals surface area contributed by atoms with Crippen molar-refractivity contribution in [1.82, 2.24) is 0 Å². The lowest BCUT2D eigenvalue weighted by atomic mass is 10.2. The summed E-state index contributed by atoms with van der Waals surface area (Å²) in [4.78, 5) is 11.0. The maximum Gasteiger partial charge on any atom is 0.335 e. The first-order chi connectivity index (χ1) is 14.0. The molecule has 0 aliphatic carbocycles. The van der Waals surface area contributed by atoms with Crippen LogP contribution in [0.2, 0.25) is 0 Å². The number of ether oxygens (including phenoxy) is 2. The fourth-order valence-electron chi connectivity index (χ4n) is 2.51. The molecule has 1 atom stereocenters. The highest BCUT2D eigenvalue weighted by Crippen LogP contribution is 2.14. The molecule has 29 heavy (non-hydrogen) atoms. The zero-order valence-electron chi connectivity index (χ0n) is 16.8. The molecular weight excluding hydrogens is 364 g/mol. The van der Waals surface area contributed by atoms with Crippen molar-refractivity contribution < 1.29 is 19.4 Å². The van der Waals surface area contributed by atoms with Crippen LogP contribution < -0.4 is 0 Å². The zero-order chi connectivity index (χ0) is 20.9. The maximum absolute atomic E-state index is 11.0. The van der Waals surface area contributed by atoms with E-state index in [1.165, 1.54) is 5.56 Å². The van der Waals surface area contributed by atoms with Crippen molar-refractivity contribution in [2.24, 2.45) is 0 Å². The fourth-order valence-corrected chi connectivity index (χ4v) is 2.51. The van der Waals surface area contributed by atoms with E-state index in [0.717, 1.165) is 24.8 Å². The van der Waals surface area contributed by atoms with Gasteiger partial charge in [0.2, 0.25) is 6.29 Å². The number of esters is 1. The fraction of sp³-hybridized carbons (Fsp3) is 0.240. The molecule has 1 unspecified atom stereocenters. The average molecular weight is 392 g/mol. The average Bonchev–Trinajstić information content (AvgIpc) is 2.74. The Labute approximate surface area is 172 Å². The van der Waals surface area contributed by atoms with Gasteiger partial charge in [-0.05, 0) is 43.0 Å². The van der Waals surface area contributed by atoms with Gasteiger partial charge in [-0.15, -0.1) is 0 Å². The predicted octanol–water partition coefficient (Wildman–Crippen LogP) is 5.75. The summed E-state index contributed by atoms with van der Waals surface area (Å²) in [5, 5.41) is 9.14. The Bertz CT molecular complexity index is 814. The van der Waals surface area contributed by atoms with Gasteiger partial charge in [0.25, 0.3) is 0 Å². The van der Waals surface area contributed by atoms with E-state index in [-0.39, 0.29) is 12.3 Å². The second-order valence-corrected chi connectivity index (χ2v) is 6.70. The summed E-state index contributed by atoms with van der Waals surface area (Å²) >= 11 is 0. The summed E-state index contributed by atoms with van der Waals surface area (Å²) in [5.74, 6) is -0.0659. The molecule has 0 bridgehead atoms. The van der Waals surface area contributed by atoms with Crippen molar-refractivity contribution in [2.45, 2.75) is 32.5 Å². The highest BCUT2D eigenvalue weighted by atomic mass is 16.7. The van der Waals surface area contributed by atoms with Gasteiger partial charge in [0.1, 0.15) is 5.75 Å². The second-order valence-electron chi connectivity index (χ2n) is 6.70. The predicted molar refractivity (Wildman–Crippen MR) is 117 cm³/mol. The third-order valence-electron chi connectivity index (χ3n) is 4.11. The van der Waals surface area contributed by atoms with Gasteiger partial charge in [-0.1, -0.05) is 73.3 Å². The Morgan fingerprint density at radius 2 is 1.66 bits per heavy atom. The Balaban J connectivity index is 0.000000221. The van der Waals surface area contributed by atoms with Crippen molar-refractivity contribution in [2.75, 3.05) is 6.61 Å². The largest absolute Gasteiger partial charge is 0.508 e. The summed E-state index contributed by atoms with van der Waals surface area (Å²) in [6.45, 7) is 5.81. The number of phenols is 1. The monoisotopic (exact) mass is 392 g/mol. The molecule has 1 aliphatic heterocycles. The van der Waals surface area contributed by atoms with E-state index in [9.17, 15) is 4.79 Å². The lowest BCUT2D eigenvalue weighted by molar-refractivity contribution is -0.182. The number of hydrogen-bond donors (Lipinski definition) is 1. The molecule has 4 heteroatoms. The second kappa shape index (κ2) is 12.4. The van der Waals surface area contributed by atoms with Crippen LogP contribution in [0.4, 0.5) is 0 Å². The Hall–Kier alpha value is -3.11. The molecule has 0 radical (unpaired) electrons. The van der Waals surface area contributed by atoms with E-state index >= 15 is 0 Å². The normalized spacial score (nSPS) is 16.2. The van der Waals surface area contributed by atoms with E-state index in [1.807, 2.05) is 48.6 Å². The van der Waals surface area contributed by atoms with Gasteiger partial charge in [-0.3, -0.25) is 0 Å². The molecule has 2 aromatic carbocycles. The first-order valence-corrected chi connectivity index (χ1v) is 9.71. The molecule has 1 fully saturated rings. The number of aromatic hydroxyl groups is 1. The summed E-state index contributed by atoms with van der Waals surface area (Å²) < 4.78 is 10.2. The minimum absolute atomic E-state index is 0.293. The standard InChI is InChI=1S/C16H14O.C9H14O3/c17-16-12-10-15(11-13-16)9-5-4-8-14-6-2-1-3-7-14;1-7(2)9(10)12-8-5-3-4-6-11-8/h1-13,17H;8H,1,3-6H2,2H3. The van der Waals surface area contributed by atoms with E-state index in [1.54, 1.807) is 19.1 Å². The van der Waals surface area contributed by atoms with Crippen LogP contribution in [0, 0.1) is 0 Å². The molecule has 0 amide bonds. The third kappa shape index (κ3) is 9.08. The van der Waals surface area contributed by atoms with Gasteiger partial charge in [0, 0.05) is 12.0 Å². The van der Waals surface area contributed by atoms with E-state index < -0.39 is 0 Å². The number of phenolic OH excluding ortho intramolecular Hbond substituents is 1. The van der Waals surface area contributed by atoms with Gasteiger partial charge in [0.05, 0.1) is 6.61 Å². The van der Waals surface area contributed by atoms with Crippen LogP contribution in [0.15, 0.2) is 78.9 Å². The van der Waals surface area contributed by atoms with Crippen molar-refractivity contribution in [3.05, 3.63) is 90.0 Å². The highest BCUT2D eigenvalue weighted by molar-refractivity contribution is 5.87. The first-order valence-electron chi connectivity index (χ1n) is 9.71. The maximum atomic E-state index is 11.0. The number of carbonyl (C=O) groups is 1. The van der Waals surface area contributed by atoms with Crippen LogP contribution in [-0.2, 0) is 14.3 Å². The molecule has 1 saturated heterocycles. The number of carbonyl (C=O) groups excluding carboxylic acids is 1. The summed E-state index contributed by atoms with van der Waals surface area (Å²) in [5.41, 5.74) is 2.67. The lowest BCUT2D eigenvalue weighted by Gasteiger charge is -2.22. The molecule has 1 heterocycles. The quantitative estimate of drug-likeness (QED) is 0.400. The third-order valence-corrected chi connectivity index (χ3v) is 4.11. The van der Waals surface area contributed by atoms with Crippen LogP contribution in [0.25, 0.3) is 12.2 Å². The van der Waals surface area contributed by atoms with Gasteiger partial charge in [0.15, 0.2) is 0 Å². The number of hydrogen-bond acceptors (Lipinski definition) is 4. The summed E-state index contributed by atoms with van der Waals surface area (Å²) in [7, 11) is 0. The first kappa shape index (κ1) is 22.2. The number of allylic oxidation sites excluding steroid dienone is 2. The summed E-state index contributed by atoms with van der Waals surface area (Å²) in [6.07, 6.45) is 10.6. The SMILES string of the molecule is C=C(C)C(=O)OC1CCCCO1.Oc1ccc(C=CC=Cc2ccccc2)cc1. The highest BCUT2D eigenvalue weighted by Gasteiger charge is 2.17. The molecule has 4 nitrogen and oxygen atoms in total. The van der Waals surface area contributed by atoms with Crippen LogP contribution in [0.3, 0.4) is 0 Å². The van der Waals surface area contributed by atoms with Gasteiger partial charge in [-0.25, -0.2) is 4.79 Å². The smallest absolute Gasteiger partial charge is 0.335 e. The molecule has 152 valence electrons. The van der Waals surface area contributed by atoms with Crippen molar-refractivity contribution in [1.29, 1.82) is 0 Å². The van der Waals surface area contributed by atoms with Crippen LogP contribution in [0.5, 0.6) is 5.75 Å². The van der Waals surface area contributed by atoms with Gasteiger partial charge in [-0.2, -0.15) is 0 Å². The summed E-state index contributed by atoms with van der Waals surface area (Å²) in [6, 6.07) is 17.3. The minimum atomic E-state index is -0.359. The van der Waals surface area contributed by atoms with Crippen LogP contribution >= 0.6 is 0 Å². The zero-order valence-corrected chi connectivity index (χ0v) is 16.8. The van der Waals surface area contributed by atoms with Crippen molar-refractivity contribution >= 4 is 18.1 Å². The number of benzene rings is 2. The Morgan fingerprint density at radius 3 is 2.21 bits per heavy atom. The van der Waals surface area contributed by atoms with Gasteiger partial charge >= 0.3 is 5.97 Å². The molecule has 0 spiro atoms. The van der Waals surface area contributed by atoms with E-state index in [4.69, 9.17) is 14.6 Å². The van der Waals surface area contributed by atoms with E-state index in [0.29, 0.717) is 17.9 Å².